The minimum absolute atomic E-state index is 0.0790. The van der Waals surface area contributed by atoms with E-state index in [1.165, 1.54) is 10.8 Å². The molecule has 2 aromatic rings. The van der Waals surface area contributed by atoms with Crippen LogP contribution in [0.1, 0.15) is 29.8 Å². The van der Waals surface area contributed by atoms with Crippen LogP contribution in [0, 0.1) is 17.0 Å². The van der Waals surface area contributed by atoms with Crippen molar-refractivity contribution < 1.29 is 14.8 Å². The summed E-state index contributed by atoms with van der Waals surface area (Å²) in [4.78, 5) is 26.1. The molecule has 0 aliphatic heterocycles. The van der Waals surface area contributed by atoms with Gasteiger partial charge in [-0.15, -0.1) is 0 Å². The lowest BCUT2D eigenvalue weighted by molar-refractivity contribution is -0.389. The minimum Gasteiger partial charge on any atom is -0.383 e. The van der Waals surface area contributed by atoms with Crippen LogP contribution in [0.4, 0.5) is 5.82 Å². The predicted molar refractivity (Wildman–Crippen MR) is 89.9 cm³/mol. The molecule has 8 heteroatoms. The average Bonchev–Trinajstić information content (AvgIpc) is 2.95. The molecule has 0 spiro atoms. The van der Waals surface area contributed by atoms with Crippen LogP contribution < -0.4 is 5.32 Å². The van der Waals surface area contributed by atoms with E-state index in [1.54, 1.807) is 6.92 Å². The molecule has 8 nitrogen and oxygen atoms in total. The fourth-order valence-electron chi connectivity index (χ4n) is 3.28. The van der Waals surface area contributed by atoms with E-state index in [4.69, 9.17) is 0 Å². The largest absolute Gasteiger partial charge is 0.383 e. The molecule has 0 bridgehead atoms. The monoisotopic (exact) mass is 344 g/mol. The highest BCUT2D eigenvalue weighted by atomic mass is 16.6. The number of benzene rings is 1. The molecule has 25 heavy (non-hydrogen) atoms. The first-order chi connectivity index (χ1) is 11.9. The van der Waals surface area contributed by atoms with Crippen LogP contribution in [0.25, 0.3) is 0 Å². The van der Waals surface area contributed by atoms with Gasteiger partial charge in [-0.05, 0) is 40.3 Å². The summed E-state index contributed by atoms with van der Waals surface area (Å²) in [6.45, 7) is 1.63. The number of hydrogen-bond donors (Lipinski definition) is 2. The van der Waals surface area contributed by atoms with Crippen LogP contribution in [-0.2, 0) is 23.4 Å². The van der Waals surface area contributed by atoms with E-state index in [-0.39, 0.29) is 24.8 Å². The number of amides is 1. The molecule has 1 aromatic heterocycles. The summed E-state index contributed by atoms with van der Waals surface area (Å²) >= 11 is 0. The number of aromatic nitrogens is 2. The molecular weight excluding hydrogens is 324 g/mol. The number of hydrogen-bond acceptors (Lipinski definition) is 5. The first-order valence-corrected chi connectivity index (χ1v) is 8.15. The van der Waals surface area contributed by atoms with E-state index in [0.717, 1.165) is 24.0 Å². The Bertz CT molecular complexity index is 817. The summed E-state index contributed by atoms with van der Waals surface area (Å²) < 4.78 is 1.42. The van der Waals surface area contributed by atoms with Crippen molar-refractivity contribution in [3.63, 3.8) is 0 Å². The zero-order valence-corrected chi connectivity index (χ0v) is 13.9. The minimum atomic E-state index is -1.08. The van der Waals surface area contributed by atoms with E-state index < -0.39 is 10.5 Å². The number of carbonyl (C=O) groups excluding carboxylic acids is 1. The van der Waals surface area contributed by atoms with Gasteiger partial charge >= 0.3 is 5.82 Å². The van der Waals surface area contributed by atoms with Crippen LogP contribution in [0.2, 0.25) is 0 Å². The molecule has 3 rings (SSSR count). The maximum absolute atomic E-state index is 12.2. The lowest BCUT2D eigenvalue weighted by Crippen LogP contribution is -2.43. The second-order valence-corrected chi connectivity index (χ2v) is 6.35. The number of fused-ring (bicyclic) bond motifs is 1. The van der Waals surface area contributed by atoms with Gasteiger partial charge in [-0.2, -0.15) is 0 Å². The Labute approximate surface area is 144 Å². The highest BCUT2D eigenvalue weighted by molar-refractivity contribution is 5.76. The van der Waals surface area contributed by atoms with Crippen LogP contribution in [0.15, 0.2) is 30.5 Å². The first-order valence-electron chi connectivity index (χ1n) is 8.15. The number of nitrogens with zero attached hydrogens (tertiary/aromatic N) is 3. The lowest BCUT2D eigenvalue weighted by Gasteiger charge is -2.34. The van der Waals surface area contributed by atoms with E-state index in [9.17, 15) is 20.0 Å². The Balaban J connectivity index is 1.66. The normalized spacial score (nSPS) is 19.3. The van der Waals surface area contributed by atoms with Gasteiger partial charge in [0.25, 0.3) is 0 Å². The standard InChI is InChI=1S/C17H20N4O4/c1-12-19-15(21(24)25)9-20(12)10-16(22)18-11-17(23)8-4-6-13-5-2-3-7-14(13)17/h2-3,5,7,9,23H,4,6,8,10-11H2,1H3,(H,18,22). The van der Waals surface area contributed by atoms with E-state index >= 15 is 0 Å². The topological polar surface area (TPSA) is 110 Å². The molecule has 1 unspecified atom stereocenters. The third kappa shape index (κ3) is 3.53. The first kappa shape index (κ1) is 17.1. The van der Waals surface area contributed by atoms with Gasteiger partial charge in [-0.25, -0.2) is 0 Å². The van der Waals surface area contributed by atoms with Gasteiger partial charge in [0.05, 0.1) is 6.54 Å². The molecule has 1 aromatic carbocycles. The van der Waals surface area contributed by atoms with E-state index in [2.05, 4.69) is 10.3 Å². The zero-order chi connectivity index (χ0) is 18.0. The number of nitrogens with one attached hydrogen (secondary N) is 1. The molecule has 0 saturated heterocycles. The van der Waals surface area contributed by atoms with Gasteiger partial charge in [0, 0.05) is 6.92 Å². The average molecular weight is 344 g/mol. The SMILES string of the molecule is Cc1nc([N+](=O)[O-])cn1CC(=O)NCC1(O)CCCc2ccccc21. The van der Waals surface area contributed by atoms with Crippen LogP contribution in [0.5, 0.6) is 0 Å². The Morgan fingerprint density at radius 3 is 2.96 bits per heavy atom. The predicted octanol–water partition coefficient (Wildman–Crippen LogP) is 1.44. The Morgan fingerprint density at radius 2 is 2.24 bits per heavy atom. The highest BCUT2D eigenvalue weighted by Gasteiger charge is 2.34. The third-order valence-electron chi connectivity index (χ3n) is 4.60. The molecule has 1 amide bonds. The van der Waals surface area contributed by atoms with Crippen molar-refractivity contribution in [3.8, 4) is 0 Å². The van der Waals surface area contributed by atoms with Crippen molar-refractivity contribution in [1.29, 1.82) is 0 Å². The molecule has 1 heterocycles. The van der Waals surface area contributed by atoms with Crippen molar-refractivity contribution >= 4 is 11.7 Å². The summed E-state index contributed by atoms with van der Waals surface area (Å²) in [5, 5.41) is 24.4. The summed E-state index contributed by atoms with van der Waals surface area (Å²) in [5.41, 5.74) is 0.878. The van der Waals surface area contributed by atoms with E-state index in [0.29, 0.717) is 12.2 Å². The number of imidazole rings is 1. The summed E-state index contributed by atoms with van der Waals surface area (Å²) in [6.07, 6.45) is 3.60. The Kier molecular flexibility index (Phi) is 4.54. The summed E-state index contributed by atoms with van der Waals surface area (Å²) in [6, 6.07) is 7.71. The van der Waals surface area contributed by atoms with E-state index in [1.807, 2.05) is 24.3 Å². The molecule has 132 valence electrons. The van der Waals surface area contributed by atoms with Gasteiger partial charge in [0.1, 0.15) is 18.3 Å². The number of aryl methyl sites for hydroxylation is 2. The molecule has 0 saturated carbocycles. The van der Waals surface area contributed by atoms with Crippen LogP contribution >= 0.6 is 0 Å². The maximum atomic E-state index is 12.2. The third-order valence-corrected chi connectivity index (χ3v) is 4.60. The van der Waals surface area contributed by atoms with Crippen molar-refractivity contribution in [1.82, 2.24) is 14.9 Å². The highest BCUT2D eigenvalue weighted by Crippen LogP contribution is 2.34. The molecule has 1 aliphatic rings. The Morgan fingerprint density at radius 1 is 1.48 bits per heavy atom. The molecule has 1 aliphatic carbocycles. The molecule has 0 fully saturated rings. The number of nitro groups is 1. The summed E-state index contributed by atoms with van der Waals surface area (Å²) in [5.74, 6) is -0.222. The number of rotatable bonds is 5. The summed E-state index contributed by atoms with van der Waals surface area (Å²) in [7, 11) is 0. The van der Waals surface area contributed by atoms with Crippen molar-refractivity contribution in [2.45, 2.75) is 38.3 Å². The van der Waals surface area contributed by atoms with Gasteiger partial charge < -0.3 is 20.5 Å². The van der Waals surface area contributed by atoms with Crippen LogP contribution in [0.3, 0.4) is 0 Å². The smallest absolute Gasteiger partial charge is 0.381 e. The van der Waals surface area contributed by atoms with Crippen molar-refractivity contribution in [3.05, 3.63) is 57.5 Å². The number of carbonyl (C=O) groups is 1. The molecule has 0 radical (unpaired) electrons. The van der Waals surface area contributed by atoms with Crippen molar-refractivity contribution in [2.24, 2.45) is 0 Å². The lowest BCUT2D eigenvalue weighted by atomic mass is 9.79. The second-order valence-electron chi connectivity index (χ2n) is 6.35. The molecule has 2 N–H and O–H groups in total. The Hall–Kier alpha value is -2.74. The zero-order valence-electron chi connectivity index (χ0n) is 13.9. The van der Waals surface area contributed by atoms with Gasteiger partial charge in [0.15, 0.2) is 0 Å². The number of aliphatic hydroxyl groups is 1. The van der Waals surface area contributed by atoms with Crippen molar-refractivity contribution in [2.75, 3.05) is 6.54 Å². The second kappa shape index (κ2) is 6.64. The fourth-order valence-corrected chi connectivity index (χ4v) is 3.28. The maximum Gasteiger partial charge on any atom is 0.381 e. The molecular formula is C17H20N4O4. The van der Waals surface area contributed by atoms with Gasteiger partial charge in [-0.1, -0.05) is 24.3 Å². The quantitative estimate of drug-likeness (QED) is 0.630. The van der Waals surface area contributed by atoms with Gasteiger partial charge in [0.2, 0.25) is 11.7 Å². The van der Waals surface area contributed by atoms with Crippen LogP contribution in [-0.4, -0.2) is 32.0 Å². The molecule has 1 atom stereocenters. The van der Waals surface area contributed by atoms with Gasteiger partial charge in [-0.3, -0.25) is 9.36 Å². The fraction of sp³-hybridized carbons (Fsp3) is 0.412.